The summed E-state index contributed by atoms with van der Waals surface area (Å²) in [5.74, 6) is 2.78. The predicted octanol–water partition coefficient (Wildman–Crippen LogP) is 4.00. The van der Waals surface area contributed by atoms with Gasteiger partial charge in [0.15, 0.2) is 6.10 Å². The molecular weight excluding hydrogens is 356 g/mol. The van der Waals surface area contributed by atoms with E-state index in [1.54, 1.807) is 10.8 Å². The Hall–Kier alpha value is -3.28. The fourth-order valence-electron chi connectivity index (χ4n) is 2.99. The van der Waals surface area contributed by atoms with Crippen LogP contribution in [0.3, 0.4) is 0 Å². The van der Waals surface area contributed by atoms with Crippen molar-refractivity contribution in [2.24, 2.45) is 0 Å². The van der Waals surface area contributed by atoms with Gasteiger partial charge in [0.05, 0.1) is 6.54 Å². The first-order chi connectivity index (χ1) is 13.6. The van der Waals surface area contributed by atoms with Crippen LogP contribution in [0.5, 0.6) is 23.3 Å². The highest BCUT2D eigenvalue weighted by atomic mass is 16.6. The average Bonchev–Trinajstić information content (AvgIpc) is 3.10. The third-order valence-electron chi connectivity index (χ3n) is 4.56. The molecule has 1 aliphatic rings. The largest absolute Gasteiger partial charge is 0.490 e. The standard InChI is InChI=1S/C22H22N2O4/c1-15(2)16-3-5-18(6-4-16)27-19-9-7-17(8-10-19)26-14-20-13-24-12-11-21(25)23-22(24)28-20/h3-12,15,20H,13-14H2,1-2H3. The van der Waals surface area contributed by atoms with E-state index in [4.69, 9.17) is 14.2 Å². The Morgan fingerprint density at radius 3 is 2.36 bits per heavy atom. The number of benzene rings is 2. The van der Waals surface area contributed by atoms with E-state index in [0.717, 1.165) is 17.2 Å². The number of hydrogen-bond donors (Lipinski definition) is 0. The minimum Gasteiger partial charge on any atom is -0.490 e. The van der Waals surface area contributed by atoms with E-state index in [2.05, 4.69) is 31.0 Å². The van der Waals surface area contributed by atoms with Crippen molar-refractivity contribution in [3.05, 3.63) is 76.7 Å². The molecule has 0 aliphatic carbocycles. The molecule has 2 heterocycles. The summed E-state index contributed by atoms with van der Waals surface area (Å²) in [6.07, 6.45) is 1.51. The van der Waals surface area contributed by atoms with Crippen molar-refractivity contribution < 1.29 is 14.2 Å². The van der Waals surface area contributed by atoms with Crippen molar-refractivity contribution in [2.75, 3.05) is 6.61 Å². The van der Waals surface area contributed by atoms with Gasteiger partial charge in [0.1, 0.15) is 23.9 Å². The molecular formula is C22H22N2O4. The second-order valence-corrected chi connectivity index (χ2v) is 7.05. The van der Waals surface area contributed by atoms with E-state index in [1.165, 1.54) is 11.6 Å². The van der Waals surface area contributed by atoms with Gasteiger partial charge < -0.3 is 14.2 Å². The highest BCUT2D eigenvalue weighted by Gasteiger charge is 2.23. The first-order valence-electron chi connectivity index (χ1n) is 9.31. The molecule has 28 heavy (non-hydrogen) atoms. The third-order valence-corrected chi connectivity index (χ3v) is 4.56. The summed E-state index contributed by atoms with van der Waals surface area (Å²) in [4.78, 5) is 15.1. The highest BCUT2D eigenvalue weighted by Crippen LogP contribution is 2.26. The van der Waals surface area contributed by atoms with Crippen LogP contribution in [-0.2, 0) is 6.54 Å². The van der Waals surface area contributed by atoms with Gasteiger partial charge in [-0.25, -0.2) is 0 Å². The monoisotopic (exact) mass is 378 g/mol. The van der Waals surface area contributed by atoms with E-state index in [1.807, 2.05) is 36.4 Å². The van der Waals surface area contributed by atoms with Crippen LogP contribution in [-0.4, -0.2) is 22.3 Å². The van der Waals surface area contributed by atoms with Gasteiger partial charge in [-0.3, -0.25) is 9.36 Å². The summed E-state index contributed by atoms with van der Waals surface area (Å²) in [6, 6.07) is 17.4. The molecule has 1 aromatic heterocycles. The zero-order valence-electron chi connectivity index (χ0n) is 15.9. The number of fused-ring (bicyclic) bond motifs is 1. The second-order valence-electron chi connectivity index (χ2n) is 7.05. The summed E-state index contributed by atoms with van der Waals surface area (Å²) in [5, 5.41) is 0. The van der Waals surface area contributed by atoms with E-state index in [-0.39, 0.29) is 11.7 Å². The van der Waals surface area contributed by atoms with Gasteiger partial charge in [0.2, 0.25) is 0 Å². The van der Waals surface area contributed by atoms with Gasteiger partial charge >= 0.3 is 0 Å². The first kappa shape index (κ1) is 18.1. The number of nitrogens with zero attached hydrogens (tertiary/aromatic N) is 2. The Bertz CT molecular complexity index is 994. The van der Waals surface area contributed by atoms with Crippen molar-refractivity contribution in [3.63, 3.8) is 0 Å². The van der Waals surface area contributed by atoms with E-state index >= 15 is 0 Å². The molecule has 2 aromatic carbocycles. The Morgan fingerprint density at radius 1 is 1.04 bits per heavy atom. The number of ether oxygens (including phenoxy) is 3. The van der Waals surface area contributed by atoms with Crippen LogP contribution < -0.4 is 19.8 Å². The van der Waals surface area contributed by atoms with Crippen molar-refractivity contribution in [1.82, 2.24) is 9.55 Å². The topological polar surface area (TPSA) is 62.6 Å². The second kappa shape index (κ2) is 7.76. The van der Waals surface area contributed by atoms with Gasteiger partial charge in [-0.05, 0) is 47.9 Å². The highest BCUT2D eigenvalue weighted by molar-refractivity contribution is 5.36. The van der Waals surface area contributed by atoms with Crippen LogP contribution in [0.4, 0.5) is 0 Å². The smallest absolute Gasteiger partial charge is 0.300 e. The molecule has 6 heteroatoms. The quantitative estimate of drug-likeness (QED) is 0.649. The summed E-state index contributed by atoms with van der Waals surface area (Å²) in [7, 11) is 0. The lowest BCUT2D eigenvalue weighted by molar-refractivity contribution is 0.143. The van der Waals surface area contributed by atoms with Crippen LogP contribution in [0.2, 0.25) is 0 Å². The molecule has 6 nitrogen and oxygen atoms in total. The van der Waals surface area contributed by atoms with Crippen LogP contribution in [0.15, 0.2) is 65.6 Å². The minimum absolute atomic E-state index is 0.176. The van der Waals surface area contributed by atoms with E-state index in [0.29, 0.717) is 25.1 Å². The SMILES string of the molecule is CC(C)c1ccc(Oc2ccc(OCC3Cn4ccc(=O)nc4O3)cc2)cc1. The number of hydrogen-bond acceptors (Lipinski definition) is 5. The maximum Gasteiger partial charge on any atom is 0.300 e. The Kier molecular flexibility index (Phi) is 5.02. The summed E-state index contributed by atoms with van der Waals surface area (Å²) >= 11 is 0. The first-order valence-corrected chi connectivity index (χ1v) is 9.31. The Morgan fingerprint density at radius 2 is 1.68 bits per heavy atom. The zero-order valence-corrected chi connectivity index (χ0v) is 15.9. The molecule has 0 radical (unpaired) electrons. The van der Waals surface area contributed by atoms with Crippen LogP contribution in [0.25, 0.3) is 0 Å². The lowest BCUT2D eigenvalue weighted by Gasteiger charge is -2.12. The fourth-order valence-corrected chi connectivity index (χ4v) is 2.99. The predicted molar refractivity (Wildman–Crippen MR) is 105 cm³/mol. The van der Waals surface area contributed by atoms with E-state index < -0.39 is 0 Å². The van der Waals surface area contributed by atoms with Gasteiger partial charge in [0, 0.05) is 12.3 Å². The van der Waals surface area contributed by atoms with Gasteiger partial charge in [-0.15, -0.1) is 0 Å². The molecule has 4 rings (SSSR count). The average molecular weight is 378 g/mol. The Balaban J connectivity index is 1.31. The zero-order chi connectivity index (χ0) is 19.5. The molecule has 1 unspecified atom stereocenters. The number of aromatic nitrogens is 2. The molecule has 0 spiro atoms. The lowest BCUT2D eigenvalue weighted by atomic mass is 10.0. The maximum atomic E-state index is 11.3. The summed E-state index contributed by atoms with van der Waals surface area (Å²) < 4.78 is 19.1. The molecule has 0 saturated heterocycles. The summed E-state index contributed by atoms with van der Waals surface area (Å²) in [6.45, 7) is 5.31. The van der Waals surface area contributed by atoms with Crippen molar-refractivity contribution in [2.45, 2.75) is 32.4 Å². The maximum absolute atomic E-state index is 11.3. The lowest BCUT2D eigenvalue weighted by Crippen LogP contribution is -2.23. The molecule has 0 amide bonds. The molecule has 0 bridgehead atoms. The van der Waals surface area contributed by atoms with Gasteiger partial charge in [-0.1, -0.05) is 26.0 Å². The third kappa shape index (κ3) is 4.17. The molecule has 1 atom stereocenters. The molecule has 3 aromatic rings. The van der Waals surface area contributed by atoms with Crippen molar-refractivity contribution in [3.8, 4) is 23.3 Å². The fraction of sp³-hybridized carbons (Fsp3) is 0.273. The van der Waals surface area contributed by atoms with Gasteiger partial charge in [0.25, 0.3) is 11.6 Å². The van der Waals surface area contributed by atoms with Crippen molar-refractivity contribution in [1.29, 1.82) is 0 Å². The number of rotatable bonds is 6. The Labute approximate surface area is 163 Å². The summed E-state index contributed by atoms with van der Waals surface area (Å²) in [5.41, 5.74) is 0.981. The molecule has 0 saturated carbocycles. The molecule has 0 fully saturated rings. The van der Waals surface area contributed by atoms with Gasteiger partial charge in [-0.2, -0.15) is 4.98 Å². The van der Waals surface area contributed by atoms with Crippen molar-refractivity contribution >= 4 is 0 Å². The van der Waals surface area contributed by atoms with Crippen LogP contribution in [0, 0.1) is 0 Å². The van der Waals surface area contributed by atoms with E-state index in [9.17, 15) is 4.79 Å². The van der Waals surface area contributed by atoms with Crippen LogP contribution in [0.1, 0.15) is 25.3 Å². The minimum atomic E-state index is -0.303. The normalized spacial score (nSPS) is 15.2. The molecule has 1 aliphatic heterocycles. The van der Waals surface area contributed by atoms with Crippen LogP contribution >= 0.6 is 0 Å². The molecule has 144 valence electrons. The molecule has 0 N–H and O–H groups in total.